The number of halogens is 4. The largest absolute Gasteiger partial charge is 0.673 e. The standard InChI is InChI=1S/C23H22NO2.BF4/c1-15-12-18-13-19(25-3)14-22(26-4)23(18)16(2)24(15)21-11-7-9-17-8-5-6-10-20(17)21;2-1(3,4)5/h5-14H,1-4H3;/q+1;-1. The summed E-state index contributed by atoms with van der Waals surface area (Å²) in [6, 6.07) is 21.1. The quantitative estimate of drug-likeness (QED) is 0.219. The molecule has 0 aliphatic heterocycles. The van der Waals surface area contributed by atoms with Crippen LogP contribution in [0, 0.1) is 13.8 Å². The first-order valence-electron chi connectivity index (χ1n) is 9.57. The molecule has 0 radical (unpaired) electrons. The summed E-state index contributed by atoms with van der Waals surface area (Å²) in [5.74, 6) is 1.63. The van der Waals surface area contributed by atoms with E-state index in [0.29, 0.717) is 0 Å². The van der Waals surface area contributed by atoms with Crippen molar-refractivity contribution in [3.8, 4) is 17.2 Å². The van der Waals surface area contributed by atoms with E-state index in [-0.39, 0.29) is 0 Å². The molecule has 3 aromatic carbocycles. The van der Waals surface area contributed by atoms with Crippen LogP contribution in [0.1, 0.15) is 11.4 Å². The number of aromatic nitrogens is 1. The SMILES string of the molecule is COc1cc(OC)c2c(C)[n+](-c3cccc4ccccc34)c(C)cc2c1.F[B-](F)(F)F. The van der Waals surface area contributed by atoms with Crippen LogP contribution in [-0.2, 0) is 0 Å². The molecular formula is C23H22BF4NO2. The zero-order valence-electron chi connectivity index (χ0n) is 17.6. The van der Waals surface area contributed by atoms with E-state index in [1.807, 2.05) is 6.07 Å². The lowest BCUT2D eigenvalue weighted by Gasteiger charge is -2.13. The van der Waals surface area contributed by atoms with Crippen molar-refractivity contribution in [2.24, 2.45) is 0 Å². The van der Waals surface area contributed by atoms with Gasteiger partial charge < -0.3 is 26.7 Å². The molecule has 0 aliphatic carbocycles. The average Bonchev–Trinajstić information content (AvgIpc) is 2.71. The van der Waals surface area contributed by atoms with Crippen LogP contribution in [0.15, 0.2) is 60.7 Å². The number of pyridine rings is 1. The van der Waals surface area contributed by atoms with Gasteiger partial charge in [0.05, 0.1) is 25.0 Å². The number of fused-ring (bicyclic) bond motifs is 2. The van der Waals surface area contributed by atoms with Crippen molar-refractivity contribution >= 4 is 28.8 Å². The molecule has 0 aliphatic rings. The Morgan fingerprint density at radius 3 is 2.06 bits per heavy atom. The molecule has 0 N–H and O–H groups in total. The van der Waals surface area contributed by atoms with Crippen LogP contribution in [0.3, 0.4) is 0 Å². The Morgan fingerprint density at radius 2 is 1.42 bits per heavy atom. The molecule has 0 amide bonds. The lowest BCUT2D eigenvalue weighted by atomic mass is 10.0. The Labute approximate surface area is 177 Å². The van der Waals surface area contributed by atoms with Gasteiger partial charge in [0.25, 0.3) is 0 Å². The van der Waals surface area contributed by atoms with E-state index in [1.165, 1.54) is 22.2 Å². The van der Waals surface area contributed by atoms with Crippen molar-refractivity contribution in [2.75, 3.05) is 14.2 Å². The number of methoxy groups -OCH3 is 2. The number of rotatable bonds is 3. The fraction of sp³-hybridized carbons (Fsp3) is 0.174. The summed E-state index contributed by atoms with van der Waals surface area (Å²) in [7, 11) is -2.62. The Hall–Kier alpha value is -3.29. The Bertz CT molecular complexity index is 1230. The number of ether oxygens (including phenoxy) is 2. The number of aryl methyl sites for hydroxylation is 2. The minimum Gasteiger partial charge on any atom is -0.497 e. The smallest absolute Gasteiger partial charge is 0.497 e. The summed E-state index contributed by atoms with van der Waals surface area (Å²) in [5, 5.41) is 4.69. The maximum absolute atomic E-state index is 9.75. The zero-order chi connectivity index (χ0) is 22.8. The second kappa shape index (κ2) is 8.84. The molecule has 162 valence electrons. The van der Waals surface area contributed by atoms with E-state index in [0.717, 1.165) is 28.0 Å². The highest BCUT2D eigenvalue weighted by atomic mass is 19.5. The van der Waals surface area contributed by atoms with Gasteiger partial charge in [-0.05, 0) is 17.5 Å². The third-order valence-corrected chi connectivity index (χ3v) is 4.98. The van der Waals surface area contributed by atoms with Gasteiger partial charge in [-0.25, -0.2) is 0 Å². The van der Waals surface area contributed by atoms with Crippen molar-refractivity contribution in [3.63, 3.8) is 0 Å². The van der Waals surface area contributed by atoms with Gasteiger partial charge >= 0.3 is 7.25 Å². The van der Waals surface area contributed by atoms with Crippen LogP contribution in [0.5, 0.6) is 11.5 Å². The lowest BCUT2D eigenvalue weighted by molar-refractivity contribution is -0.606. The molecule has 31 heavy (non-hydrogen) atoms. The van der Waals surface area contributed by atoms with Gasteiger partial charge in [0, 0.05) is 37.4 Å². The van der Waals surface area contributed by atoms with Crippen LogP contribution in [0.2, 0.25) is 0 Å². The number of nitrogens with zero attached hydrogens (tertiary/aromatic N) is 1. The predicted octanol–water partition coefficient (Wildman–Crippen LogP) is 6.20. The van der Waals surface area contributed by atoms with Crippen molar-refractivity contribution in [1.29, 1.82) is 0 Å². The molecule has 0 spiro atoms. The molecule has 3 nitrogen and oxygen atoms in total. The van der Waals surface area contributed by atoms with E-state index in [2.05, 4.69) is 73.0 Å². The van der Waals surface area contributed by atoms with E-state index >= 15 is 0 Å². The maximum Gasteiger partial charge on any atom is 0.673 e. The van der Waals surface area contributed by atoms with Crippen LogP contribution in [0.4, 0.5) is 17.3 Å². The number of benzene rings is 3. The van der Waals surface area contributed by atoms with Gasteiger partial charge in [-0.1, -0.05) is 30.3 Å². The van der Waals surface area contributed by atoms with Crippen molar-refractivity contribution < 1.29 is 31.3 Å². The van der Waals surface area contributed by atoms with Crippen molar-refractivity contribution in [1.82, 2.24) is 0 Å². The first-order chi connectivity index (χ1) is 14.6. The molecule has 1 heterocycles. The predicted molar refractivity (Wildman–Crippen MR) is 116 cm³/mol. The summed E-state index contributed by atoms with van der Waals surface area (Å²) in [6.07, 6.45) is 0. The summed E-state index contributed by atoms with van der Waals surface area (Å²) in [6.45, 7) is 4.28. The maximum atomic E-state index is 9.75. The minimum atomic E-state index is -6.00. The molecule has 0 saturated heterocycles. The van der Waals surface area contributed by atoms with Gasteiger partial charge in [0.15, 0.2) is 11.4 Å². The van der Waals surface area contributed by atoms with E-state index in [4.69, 9.17) is 9.47 Å². The van der Waals surface area contributed by atoms with Gasteiger partial charge in [0.2, 0.25) is 5.69 Å². The lowest BCUT2D eigenvalue weighted by Crippen LogP contribution is -2.38. The molecule has 4 rings (SSSR count). The van der Waals surface area contributed by atoms with Crippen molar-refractivity contribution in [2.45, 2.75) is 13.8 Å². The first kappa shape index (κ1) is 22.4. The number of hydrogen-bond acceptors (Lipinski definition) is 2. The summed E-state index contributed by atoms with van der Waals surface area (Å²) >= 11 is 0. The second-order valence-corrected chi connectivity index (χ2v) is 6.99. The molecule has 8 heteroatoms. The summed E-state index contributed by atoms with van der Waals surface area (Å²) in [5.41, 5.74) is 3.50. The van der Waals surface area contributed by atoms with Gasteiger partial charge in [0.1, 0.15) is 11.5 Å². The molecule has 0 atom stereocenters. The van der Waals surface area contributed by atoms with E-state index in [9.17, 15) is 17.3 Å². The summed E-state index contributed by atoms with van der Waals surface area (Å²) < 4.78 is 52.4. The van der Waals surface area contributed by atoms with Crippen LogP contribution < -0.4 is 14.0 Å². The highest BCUT2D eigenvalue weighted by Gasteiger charge is 2.23. The van der Waals surface area contributed by atoms with Gasteiger partial charge in [-0.15, -0.1) is 0 Å². The molecule has 0 saturated carbocycles. The van der Waals surface area contributed by atoms with Gasteiger partial charge in [-0.2, -0.15) is 4.57 Å². The molecular weight excluding hydrogens is 409 g/mol. The highest BCUT2D eigenvalue weighted by Crippen LogP contribution is 2.33. The third-order valence-electron chi connectivity index (χ3n) is 4.98. The fourth-order valence-corrected chi connectivity index (χ4v) is 3.83. The zero-order valence-corrected chi connectivity index (χ0v) is 17.6. The fourth-order valence-electron chi connectivity index (χ4n) is 3.83. The number of hydrogen-bond donors (Lipinski definition) is 0. The van der Waals surface area contributed by atoms with Crippen molar-refractivity contribution in [3.05, 3.63) is 72.1 Å². The molecule has 1 aromatic heterocycles. The Kier molecular flexibility index (Phi) is 6.38. The van der Waals surface area contributed by atoms with E-state index < -0.39 is 7.25 Å². The van der Waals surface area contributed by atoms with Crippen LogP contribution >= 0.6 is 0 Å². The molecule has 0 fully saturated rings. The normalized spacial score (nSPS) is 11.2. The summed E-state index contributed by atoms with van der Waals surface area (Å²) in [4.78, 5) is 0. The van der Waals surface area contributed by atoms with E-state index in [1.54, 1.807) is 14.2 Å². The van der Waals surface area contributed by atoms with Gasteiger partial charge in [-0.3, -0.25) is 0 Å². The Balaban J connectivity index is 0.000000491. The monoisotopic (exact) mass is 431 g/mol. The molecule has 4 aromatic rings. The van der Waals surface area contributed by atoms with Crippen LogP contribution in [-0.4, -0.2) is 21.5 Å². The average molecular weight is 431 g/mol. The second-order valence-electron chi connectivity index (χ2n) is 6.99. The topological polar surface area (TPSA) is 22.3 Å². The first-order valence-corrected chi connectivity index (χ1v) is 9.57. The third kappa shape index (κ3) is 4.90. The Morgan fingerprint density at radius 1 is 0.774 bits per heavy atom. The van der Waals surface area contributed by atoms with Crippen LogP contribution in [0.25, 0.3) is 27.2 Å². The minimum absolute atomic E-state index is 0.802. The molecule has 0 unspecified atom stereocenters. The highest BCUT2D eigenvalue weighted by molar-refractivity contribution is 6.50. The molecule has 0 bridgehead atoms.